The third kappa shape index (κ3) is 4.92. The third-order valence-corrected chi connectivity index (χ3v) is 3.34. The number of aromatic nitrogens is 1. The van der Waals surface area contributed by atoms with E-state index in [2.05, 4.69) is 4.98 Å². The first-order chi connectivity index (χ1) is 10.7. The number of ether oxygens (including phenoxy) is 2. The smallest absolute Gasteiger partial charge is 0.410 e. The zero-order valence-electron chi connectivity index (χ0n) is 13.6. The van der Waals surface area contributed by atoms with Gasteiger partial charge in [0.15, 0.2) is 0 Å². The van der Waals surface area contributed by atoms with Crippen LogP contribution in [0.5, 0.6) is 0 Å². The van der Waals surface area contributed by atoms with Gasteiger partial charge in [-0.15, -0.1) is 0 Å². The van der Waals surface area contributed by atoms with Crippen molar-refractivity contribution in [3.05, 3.63) is 30.1 Å². The molecule has 126 valence electrons. The van der Waals surface area contributed by atoms with E-state index in [9.17, 15) is 9.59 Å². The van der Waals surface area contributed by atoms with Crippen LogP contribution >= 0.6 is 0 Å². The molecule has 2 heterocycles. The molecule has 1 fully saturated rings. The van der Waals surface area contributed by atoms with Crippen LogP contribution in [0.25, 0.3) is 0 Å². The summed E-state index contributed by atoms with van der Waals surface area (Å²) in [6.07, 6.45) is 1.02. The Bertz CT molecular complexity index is 562. The van der Waals surface area contributed by atoms with Crippen molar-refractivity contribution in [2.45, 2.75) is 45.0 Å². The number of rotatable bonds is 5. The fourth-order valence-corrected chi connectivity index (χ4v) is 2.35. The van der Waals surface area contributed by atoms with Crippen molar-refractivity contribution in [2.75, 3.05) is 13.1 Å². The summed E-state index contributed by atoms with van der Waals surface area (Å²) in [7, 11) is 0. The molecule has 1 aliphatic rings. The van der Waals surface area contributed by atoms with Gasteiger partial charge in [0.1, 0.15) is 11.2 Å². The van der Waals surface area contributed by atoms with Gasteiger partial charge in [0.2, 0.25) is 0 Å². The number of carbonyl (C=O) groups excluding carboxylic acids is 1. The molecule has 1 aromatic heterocycles. The van der Waals surface area contributed by atoms with Crippen molar-refractivity contribution < 1.29 is 24.2 Å². The first kappa shape index (κ1) is 17.2. The van der Waals surface area contributed by atoms with Gasteiger partial charge >= 0.3 is 12.1 Å². The van der Waals surface area contributed by atoms with Gasteiger partial charge in [-0.05, 0) is 32.9 Å². The van der Waals surface area contributed by atoms with Crippen molar-refractivity contribution in [3.8, 4) is 0 Å². The summed E-state index contributed by atoms with van der Waals surface area (Å²) < 4.78 is 11.1. The van der Waals surface area contributed by atoms with E-state index in [4.69, 9.17) is 14.6 Å². The van der Waals surface area contributed by atoms with Gasteiger partial charge in [-0.3, -0.25) is 9.78 Å². The minimum Gasteiger partial charge on any atom is -0.481 e. The van der Waals surface area contributed by atoms with Crippen molar-refractivity contribution in [1.82, 2.24) is 9.88 Å². The molecule has 0 saturated carbocycles. The number of hydrogen-bond donors (Lipinski definition) is 1. The van der Waals surface area contributed by atoms with Crippen LogP contribution in [0.4, 0.5) is 4.79 Å². The van der Waals surface area contributed by atoms with E-state index in [1.807, 2.05) is 6.07 Å². The van der Waals surface area contributed by atoms with Crippen molar-refractivity contribution in [1.29, 1.82) is 0 Å². The molecule has 7 nitrogen and oxygen atoms in total. The van der Waals surface area contributed by atoms with Gasteiger partial charge in [0.05, 0.1) is 31.8 Å². The third-order valence-electron chi connectivity index (χ3n) is 3.34. The maximum absolute atomic E-state index is 12.0. The van der Waals surface area contributed by atoms with E-state index in [0.717, 1.165) is 0 Å². The van der Waals surface area contributed by atoms with Gasteiger partial charge in [-0.1, -0.05) is 6.07 Å². The Morgan fingerprint density at radius 2 is 2.04 bits per heavy atom. The fraction of sp³-hybridized carbons (Fsp3) is 0.562. The highest BCUT2D eigenvalue weighted by molar-refractivity contribution is 5.72. The largest absolute Gasteiger partial charge is 0.481 e. The van der Waals surface area contributed by atoms with Gasteiger partial charge in [-0.2, -0.15) is 0 Å². The normalized spacial score (nSPS) is 16.6. The second-order valence-electron chi connectivity index (χ2n) is 6.70. The molecule has 7 heteroatoms. The number of carboxylic acids is 1. The van der Waals surface area contributed by atoms with Gasteiger partial charge in [0, 0.05) is 6.20 Å². The Morgan fingerprint density at radius 3 is 2.57 bits per heavy atom. The summed E-state index contributed by atoms with van der Waals surface area (Å²) >= 11 is 0. The average Bonchev–Trinajstić information content (AvgIpc) is 2.39. The molecule has 1 N–H and O–H groups in total. The molecule has 1 aromatic rings. The van der Waals surface area contributed by atoms with Crippen LogP contribution in [0.3, 0.4) is 0 Å². The molecule has 0 aromatic carbocycles. The van der Waals surface area contributed by atoms with Crippen molar-refractivity contribution in [2.24, 2.45) is 0 Å². The summed E-state index contributed by atoms with van der Waals surface area (Å²) in [6, 6.07) is 5.44. The summed E-state index contributed by atoms with van der Waals surface area (Å²) in [5.41, 5.74) is -0.759. The number of hydrogen-bond acceptors (Lipinski definition) is 5. The summed E-state index contributed by atoms with van der Waals surface area (Å²) in [6.45, 7) is 5.95. The molecule has 0 unspecified atom stereocenters. The number of amides is 1. The van der Waals surface area contributed by atoms with Crippen LogP contribution in [0.15, 0.2) is 24.4 Å². The fourth-order valence-electron chi connectivity index (χ4n) is 2.35. The molecule has 0 bridgehead atoms. The molecular formula is C16H22N2O5. The Morgan fingerprint density at radius 1 is 1.35 bits per heavy atom. The molecule has 1 saturated heterocycles. The molecule has 0 radical (unpaired) electrons. The predicted octanol–water partition coefficient (Wildman–Crippen LogP) is 2.06. The molecule has 1 amide bonds. The Balaban J connectivity index is 1.94. The predicted molar refractivity (Wildman–Crippen MR) is 81.8 cm³/mol. The van der Waals surface area contributed by atoms with E-state index in [1.165, 1.54) is 4.90 Å². The lowest BCUT2D eigenvalue weighted by Gasteiger charge is -2.48. The van der Waals surface area contributed by atoms with E-state index in [-0.39, 0.29) is 26.1 Å². The Labute approximate surface area is 135 Å². The molecule has 0 atom stereocenters. The van der Waals surface area contributed by atoms with E-state index in [1.54, 1.807) is 39.1 Å². The number of nitrogens with zero attached hydrogens (tertiary/aromatic N) is 2. The van der Waals surface area contributed by atoms with Crippen LogP contribution < -0.4 is 0 Å². The van der Waals surface area contributed by atoms with E-state index in [0.29, 0.717) is 5.69 Å². The summed E-state index contributed by atoms with van der Waals surface area (Å²) in [5.74, 6) is -0.963. The summed E-state index contributed by atoms with van der Waals surface area (Å²) in [4.78, 5) is 28.7. The monoisotopic (exact) mass is 322 g/mol. The van der Waals surface area contributed by atoms with E-state index < -0.39 is 23.3 Å². The lowest BCUT2D eigenvalue weighted by atomic mass is 9.90. The SMILES string of the molecule is CC(C)(C)OC(=O)N1CC(CC(=O)O)(OCc2ccccn2)C1. The van der Waals surface area contributed by atoms with Crippen LogP contribution in [-0.2, 0) is 20.9 Å². The lowest BCUT2D eigenvalue weighted by molar-refractivity contribution is -0.170. The highest BCUT2D eigenvalue weighted by Gasteiger charge is 2.49. The molecule has 0 spiro atoms. The average molecular weight is 322 g/mol. The maximum atomic E-state index is 12.0. The Hall–Kier alpha value is -2.15. The molecular weight excluding hydrogens is 300 g/mol. The van der Waals surface area contributed by atoms with Crippen LogP contribution in [-0.4, -0.2) is 51.3 Å². The van der Waals surface area contributed by atoms with Crippen LogP contribution in [0.2, 0.25) is 0 Å². The minimum absolute atomic E-state index is 0.168. The van der Waals surface area contributed by atoms with Crippen LogP contribution in [0.1, 0.15) is 32.9 Å². The second-order valence-corrected chi connectivity index (χ2v) is 6.70. The molecule has 23 heavy (non-hydrogen) atoms. The van der Waals surface area contributed by atoms with Gasteiger partial charge in [0.25, 0.3) is 0 Å². The highest BCUT2D eigenvalue weighted by Crippen LogP contribution is 2.31. The topological polar surface area (TPSA) is 89.0 Å². The minimum atomic E-state index is -0.963. The van der Waals surface area contributed by atoms with Crippen molar-refractivity contribution >= 4 is 12.1 Å². The second kappa shape index (κ2) is 6.54. The molecule has 0 aliphatic carbocycles. The summed E-state index contributed by atoms with van der Waals surface area (Å²) in [5, 5.41) is 9.09. The number of aliphatic carboxylic acids is 1. The zero-order valence-corrected chi connectivity index (χ0v) is 13.6. The first-order valence-electron chi connectivity index (χ1n) is 7.43. The Kier molecular flexibility index (Phi) is 4.89. The van der Waals surface area contributed by atoms with Gasteiger partial charge < -0.3 is 19.5 Å². The number of likely N-dealkylation sites (tertiary alicyclic amines) is 1. The van der Waals surface area contributed by atoms with E-state index >= 15 is 0 Å². The number of carboxylic acid groups (broad SMARTS) is 1. The lowest BCUT2D eigenvalue weighted by Crippen LogP contribution is -2.65. The molecule has 1 aliphatic heterocycles. The number of carbonyl (C=O) groups is 2. The quantitative estimate of drug-likeness (QED) is 0.892. The standard InChI is InChI=1S/C16H22N2O5/c1-15(2,3)23-14(21)18-10-16(11-18,8-13(19)20)22-9-12-6-4-5-7-17-12/h4-7H,8-11H2,1-3H3,(H,19,20). The maximum Gasteiger partial charge on any atom is 0.410 e. The first-order valence-corrected chi connectivity index (χ1v) is 7.43. The highest BCUT2D eigenvalue weighted by atomic mass is 16.6. The van der Waals surface area contributed by atoms with Gasteiger partial charge in [-0.25, -0.2) is 4.79 Å². The van der Waals surface area contributed by atoms with Crippen LogP contribution in [0, 0.1) is 0 Å². The zero-order chi connectivity index (χ0) is 17.1. The van der Waals surface area contributed by atoms with Crippen molar-refractivity contribution in [3.63, 3.8) is 0 Å². The molecule has 2 rings (SSSR count). The number of pyridine rings is 1.